The highest BCUT2D eigenvalue weighted by atomic mass is 17.1. The van der Waals surface area contributed by atoms with Crippen molar-refractivity contribution in [2.24, 2.45) is 23.7 Å². The fourth-order valence-corrected chi connectivity index (χ4v) is 6.95. The summed E-state index contributed by atoms with van der Waals surface area (Å²) in [5.41, 5.74) is 0. The van der Waals surface area contributed by atoms with Crippen molar-refractivity contribution >= 4 is 5.97 Å². The van der Waals surface area contributed by atoms with Gasteiger partial charge >= 0.3 is 5.97 Å². The van der Waals surface area contributed by atoms with Gasteiger partial charge in [-0.3, -0.25) is 10.1 Å². The van der Waals surface area contributed by atoms with Crippen LogP contribution in [0, 0.1) is 23.7 Å². The van der Waals surface area contributed by atoms with E-state index in [2.05, 4.69) is 18.4 Å². The van der Waals surface area contributed by atoms with Crippen molar-refractivity contribution in [2.45, 2.75) is 147 Å². The molecule has 0 aliphatic heterocycles. The molecule has 3 saturated carbocycles. The van der Waals surface area contributed by atoms with Crippen LogP contribution in [0.5, 0.6) is 0 Å². The van der Waals surface area contributed by atoms with Crippen LogP contribution < -0.4 is 0 Å². The van der Waals surface area contributed by atoms with Gasteiger partial charge in [0.05, 0.1) is 12.0 Å². The first-order chi connectivity index (χ1) is 17.6. The minimum absolute atomic E-state index is 0.0453. The average molecular weight is 507 g/mol. The first-order valence-electron chi connectivity index (χ1n) is 15.4. The van der Waals surface area contributed by atoms with E-state index in [-0.39, 0.29) is 30.2 Å². The molecule has 0 bridgehead atoms. The number of unbranched alkanes of at least 4 members (excludes halogenated alkanes) is 3. The van der Waals surface area contributed by atoms with Gasteiger partial charge in [-0.15, -0.1) is 6.58 Å². The summed E-state index contributed by atoms with van der Waals surface area (Å²) in [6.07, 6.45) is 24.1. The van der Waals surface area contributed by atoms with Crippen LogP contribution in [0.1, 0.15) is 129 Å². The van der Waals surface area contributed by atoms with Gasteiger partial charge in [0.25, 0.3) is 0 Å². The van der Waals surface area contributed by atoms with Gasteiger partial charge in [0.1, 0.15) is 12.2 Å². The van der Waals surface area contributed by atoms with E-state index < -0.39 is 0 Å². The van der Waals surface area contributed by atoms with Gasteiger partial charge in [-0.05, 0) is 101 Å². The molecule has 3 aliphatic rings. The van der Waals surface area contributed by atoms with Crippen molar-refractivity contribution in [3.63, 3.8) is 0 Å². The maximum absolute atomic E-state index is 12.8. The molecule has 3 rings (SSSR count). The second kappa shape index (κ2) is 16.8. The van der Waals surface area contributed by atoms with E-state index >= 15 is 0 Å². The average Bonchev–Trinajstić information content (AvgIpc) is 2.92. The number of carbonyl (C=O) groups excluding carboxylic acids is 1. The lowest BCUT2D eigenvalue weighted by Crippen LogP contribution is -2.33. The fraction of sp³-hybridized carbons (Fsp3) is 0.903. The Labute approximate surface area is 220 Å². The van der Waals surface area contributed by atoms with E-state index in [0.717, 1.165) is 82.1 Å². The summed E-state index contributed by atoms with van der Waals surface area (Å²) in [5.74, 6) is 2.88. The Kier molecular flexibility index (Phi) is 13.9. The summed E-state index contributed by atoms with van der Waals surface area (Å²) in [7, 11) is 0. The predicted molar refractivity (Wildman–Crippen MR) is 145 cm³/mol. The Morgan fingerprint density at radius 1 is 0.861 bits per heavy atom. The Hall–Kier alpha value is -0.910. The Balaban J connectivity index is 1.23. The molecule has 1 unspecified atom stereocenters. The zero-order valence-corrected chi connectivity index (χ0v) is 23.0. The van der Waals surface area contributed by atoms with Crippen molar-refractivity contribution < 1.29 is 24.4 Å². The molecule has 3 fully saturated rings. The zero-order valence-electron chi connectivity index (χ0n) is 23.0. The van der Waals surface area contributed by atoms with Crippen LogP contribution in [0.15, 0.2) is 12.7 Å². The molecular weight excluding hydrogens is 452 g/mol. The molecule has 0 amide bonds. The summed E-state index contributed by atoms with van der Waals surface area (Å²) < 4.78 is 12.0. The van der Waals surface area contributed by atoms with Crippen LogP contribution in [0.25, 0.3) is 0 Å². The first-order valence-corrected chi connectivity index (χ1v) is 15.4. The SMILES string of the molecule is C=CC(CCCCOC1CCC(C(=O)OC2CCC(C3CCC(CCCCC)CC3)CC2)CC1)OO. The van der Waals surface area contributed by atoms with Gasteiger partial charge < -0.3 is 9.47 Å². The predicted octanol–water partition coefficient (Wildman–Crippen LogP) is 8.27. The number of hydrogen-bond donors (Lipinski definition) is 1. The zero-order chi connectivity index (χ0) is 25.6. The second-order valence-corrected chi connectivity index (χ2v) is 12.0. The van der Waals surface area contributed by atoms with Crippen LogP contribution in [0.3, 0.4) is 0 Å². The Morgan fingerprint density at radius 2 is 1.50 bits per heavy atom. The lowest BCUT2D eigenvalue weighted by atomic mass is 9.70. The number of esters is 1. The summed E-state index contributed by atoms with van der Waals surface area (Å²) in [4.78, 5) is 17.1. The fourth-order valence-electron chi connectivity index (χ4n) is 6.95. The standard InChI is InChI=1S/C31H54O5/c1-3-5-6-9-24-11-13-25(14-12-24)26-15-21-30(22-16-26)35-31(32)27-17-19-29(20-18-27)34-23-8-7-10-28(4-2)36-33/h4,24-30,33H,2-3,5-23H2,1H3. The molecule has 0 aromatic heterocycles. The third-order valence-corrected chi connectivity index (χ3v) is 9.42. The third kappa shape index (κ3) is 10.1. The molecule has 0 spiro atoms. The molecule has 0 aromatic rings. The summed E-state index contributed by atoms with van der Waals surface area (Å²) in [6, 6.07) is 0. The molecule has 0 radical (unpaired) electrons. The number of ether oxygens (including phenoxy) is 2. The topological polar surface area (TPSA) is 65.0 Å². The maximum Gasteiger partial charge on any atom is 0.309 e. The first kappa shape index (κ1) is 29.6. The molecule has 5 heteroatoms. The minimum Gasteiger partial charge on any atom is -0.462 e. The normalized spacial score (nSPS) is 32.1. The van der Waals surface area contributed by atoms with E-state index in [1.165, 1.54) is 64.2 Å². The lowest BCUT2D eigenvalue weighted by Gasteiger charge is -2.38. The van der Waals surface area contributed by atoms with Crippen LogP contribution in [0.2, 0.25) is 0 Å². The molecule has 5 nitrogen and oxygen atoms in total. The van der Waals surface area contributed by atoms with Crippen LogP contribution in [-0.4, -0.2) is 36.1 Å². The maximum atomic E-state index is 12.8. The number of carbonyl (C=O) groups is 1. The highest BCUT2D eigenvalue weighted by Crippen LogP contribution is 2.42. The van der Waals surface area contributed by atoms with Crippen molar-refractivity contribution in [1.29, 1.82) is 0 Å². The van der Waals surface area contributed by atoms with E-state index in [4.69, 9.17) is 14.7 Å². The summed E-state index contributed by atoms with van der Waals surface area (Å²) >= 11 is 0. The van der Waals surface area contributed by atoms with Crippen molar-refractivity contribution in [3.05, 3.63) is 12.7 Å². The van der Waals surface area contributed by atoms with Crippen LogP contribution >= 0.6 is 0 Å². The molecule has 1 atom stereocenters. The van der Waals surface area contributed by atoms with Gasteiger partial charge in [0, 0.05) is 6.61 Å². The second-order valence-electron chi connectivity index (χ2n) is 12.0. The summed E-state index contributed by atoms with van der Waals surface area (Å²) in [5, 5.41) is 8.72. The minimum atomic E-state index is -0.290. The van der Waals surface area contributed by atoms with Crippen molar-refractivity contribution in [3.8, 4) is 0 Å². The van der Waals surface area contributed by atoms with Gasteiger partial charge in [-0.1, -0.05) is 51.5 Å². The van der Waals surface area contributed by atoms with Gasteiger partial charge in [-0.2, -0.15) is 0 Å². The number of hydrogen-bond acceptors (Lipinski definition) is 5. The quantitative estimate of drug-likeness (QED) is 0.0796. The lowest BCUT2D eigenvalue weighted by molar-refractivity contribution is -0.267. The van der Waals surface area contributed by atoms with Gasteiger partial charge in [0.2, 0.25) is 0 Å². The molecule has 0 heterocycles. The highest BCUT2D eigenvalue weighted by Gasteiger charge is 2.34. The monoisotopic (exact) mass is 506 g/mol. The number of rotatable bonds is 15. The smallest absolute Gasteiger partial charge is 0.309 e. The highest BCUT2D eigenvalue weighted by molar-refractivity contribution is 5.72. The molecule has 208 valence electrons. The van der Waals surface area contributed by atoms with E-state index in [0.29, 0.717) is 0 Å². The molecule has 1 N–H and O–H groups in total. The van der Waals surface area contributed by atoms with Crippen LogP contribution in [-0.2, 0) is 19.2 Å². The summed E-state index contributed by atoms with van der Waals surface area (Å²) in [6.45, 7) is 6.66. The van der Waals surface area contributed by atoms with Crippen LogP contribution in [0.4, 0.5) is 0 Å². The van der Waals surface area contributed by atoms with E-state index in [1.807, 2.05) is 0 Å². The largest absolute Gasteiger partial charge is 0.462 e. The molecule has 0 aromatic carbocycles. The Morgan fingerprint density at radius 3 is 2.11 bits per heavy atom. The molecule has 0 saturated heterocycles. The van der Waals surface area contributed by atoms with E-state index in [1.54, 1.807) is 6.08 Å². The van der Waals surface area contributed by atoms with Gasteiger partial charge in [0.15, 0.2) is 0 Å². The van der Waals surface area contributed by atoms with Crippen molar-refractivity contribution in [1.82, 2.24) is 0 Å². The van der Waals surface area contributed by atoms with Gasteiger partial charge in [-0.25, -0.2) is 4.89 Å². The Bertz CT molecular complexity index is 598. The van der Waals surface area contributed by atoms with Crippen molar-refractivity contribution in [2.75, 3.05) is 6.61 Å². The third-order valence-electron chi connectivity index (χ3n) is 9.42. The van der Waals surface area contributed by atoms with E-state index in [9.17, 15) is 4.79 Å². The molecular formula is C31H54O5. The molecule has 3 aliphatic carbocycles. The molecule has 36 heavy (non-hydrogen) atoms.